The summed E-state index contributed by atoms with van der Waals surface area (Å²) in [7, 11) is 0. The normalized spacial score (nSPS) is 12.6. The van der Waals surface area contributed by atoms with Crippen LogP contribution in [-0.2, 0) is 28.6 Å². The number of carbonyl (C=O) groups excluding carboxylic acids is 3. The van der Waals surface area contributed by atoms with Gasteiger partial charge in [0, 0.05) is 19.3 Å². The third-order valence-electron chi connectivity index (χ3n) is 10.3. The molecule has 0 N–H and O–H groups in total. The third kappa shape index (κ3) is 38.0. The first kappa shape index (κ1) is 49.4. The van der Waals surface area contributed by atoms with Crippen LogP contribution in [0.15, 0.2) is 0 Å². The summed E-state index contributed by atoms with van der Waals surface area (Å²) in [4.78, 5) is 37.4. The molecule has 0 saturated heterocycles. The summed E-state index contributed by atoms with van der Waals surface area (Å²) in [6, 6.07) is 0. The molecule has 0 aliphatic carbocycles. The maximum atomic E-state index is 12.7. The van der Waals surface area contributed by atoms with E-state index in [1.54, 1.807) is 0 Å². The largest absolute Gasteiger partial charge is 0.462 e. The fraction of sp³-hybridized carbons (Fsp3) is 0.933. The molecule has 0 spiro atoms. The number of hydrogen-bond donors (Lipinski definition) is 0. The summed E-state index contributed by atoms with van der Waals surface area (Å²) in [6.45, 7) is 11.3. The number of rotatable bonds is 39. The lowest BCUT2D eigenvalue weighted by Crippen LogP contribution is -2.30. The maximum absolute atomic E-state index is 12.7. The molecule has 302 valence electrons. The van der Waals surface area contributed by atoms with Crippen LogP contribution in [-0.4, -0.2) is 37.2 Å². The Balaban J connectivity index is 4.20. The molecule has 0 aromatic heterocycles. The van der Waals surface area contributed by atoms with Gasteiger partial charge in [0.2, 0.25) is 0 Å². The molecule has 0 radical (unpaired) electrons. The first-order valence-corrected chi connectivity index (χ1v) is 22.3. The van der Waals surface area contributed by atoms with Crippen molar-refractivity contribution in [1.82, 2.24) is 0 Å². The zero-order chi connectivity index (χ0) is 37.6. The van der Waals surface area contributed by atoms with Crippen LogP contribution < -0.4 is 0 Å². The molecule has 0 amide bonds. The van der Waals surface area contributed by atoms with Gasteiger partial charge in [0.05, 0.1) is 0 Å². The van der Waals surface area contributed by atoms with Gasteiger partial charge in [-0.15, -0.1) is 0 Å². The van der Waals surface area contributed by atoms with Crippen LogP contribution in [0.2, 0.25) is 0 Å². The Hall–Kier alpha value is -1.59. The maximum Gasteiger partial charge on any atom is 0.306 e. The summed E-state index contributed by atoms with van der Waals surface area (Å²) in [5.74, 6) is 0.813. The Bertz CT molecular complexity index is 781. The van der Waals surface area contributed by atoms with Gasteiger partial charge in [0.15, 0.2) is 6.10 Å². The van der Waals surface area contributed by atoms with Gasteiger partial charge in [-0.2, -0.15) is 0 Å². The van der Waals surface area contributed by atoms with E-state index in [4.69, 9.17) is 14.2 Å². The highest BCUT2D eigenvalue weighted by molar-refractivity contribution is 5.71. The van der Waals surface area contributed by atoms with Crippen molar-refractivity contribution >= 4 is 17.9 Å². The number of ether oxygens (including phenoxy) is 3. The van der Waals surface area contributed by atoms with Crippen LogP contribution in [0, 0.1) is 11.8 Å². The van der Waals surface area contributed by atoms with Crippen molar-refractivity contribution in [3.63, 3.8) is 0 Å². The van der Waals surface area contributed by atoms with Crippen molar-refractivity contribution in [3.8, 4) is 0 Å². The average Bonchev–Trinajstić information content (AvgIpc) is 3.11. The molecule has 6 nitrogen and oxygen atoms in total. The third-order valence-corrected chi connectivity index (χ3v) is 10.3. The summed E-state index contributed by atoms with van der Waals surface area (Å²) >= 11 is 0. The van der Waals surface area contributed by atoms with Crippen LogP contribution in [0.4, 0.5) is 0 Å². The van der Waals surface area contributed by atoms with Gasteiger partial charge in [-0.1, -0.05) is 202 Å². The Kier molecular flexibility index (Phi) is 37.0. The molecule has 1 unspecified atom stereocenters. The number of unbranched alkanes of at least 4 members (excludes halogenated alkanes) is 23. The number of carbonyl (C=O) groups is 3. The molecule has 0 aromatic carbocycles. The highest BCUT2D eigenvalue weighted by atomic mass is 16.6. The average molecular weight is 723 g/mol. The summed E-state index contributed by atoms with van der Waals surface area (Å²) in [5.41, 5.74) is 0. The van der Waals surface area contributed by atoms with Gasteiger partial charge in [-0.3, -0.25) is 14.4 Å². The summed E-state index contributed by atoms with van der Waals surface area (Å²) in [5, 5.41) is 0. The van der Waals surface area contributed by atoms with Gasteiger partial charge in [-0.05, 0) is 31.1 Å². The van der Waals surface area contributed by atoms with E-state index in [-0.39, 0.29) is 31.1 Å². The Morgan fingerprint density at radius 1 is 0.412 bits per heavy atom. The Morgan fingerprint density at radius 3 is 1.12 bits per heavy atom. The quantitative estimate of drug-likeness (QED) is 0.0357. The molecule has 0 aliphatic rings. The van der Waals surface area contributed by atoms with Gasteiger partial charge in [0.25, 0.3) is 0 Å². The molecule has 0 fully saturated rings. The van der Waals surface area contributed by atoms with Crippen molar-refractivity contribution in [1.29, 1.82) is 0 Å². The lowest BCUT2D eigenvalue weighted by atomic mass is 9.99. The first-order valence-electron chi connectivity index (χ1n) is 22.3. The molecule has 0 saturated carbocycles. The van der Waals surface area contributed by atoms with Crippen molar-refractivity contribution < 1.29 is 28.6 Å². The highest BCUT2D eigenvalue weighted by Crippen LogP contribution is 2.17. The van der Waals surface area contributed by atoms with Gasteiger partial charge in [-0.25, -0.2) is 0 Å². The Morgan fingerprint density at radius 2 is 0.745 bits per heavy atom. The fourth-order valence-electron chi connectivity index (χ4n) is 6.54. The molecule has 0 heterocycles. The van der Waals surface area contributed by atoms with E-state index < -0.39 is 6.10 Å². The lowest BCUT2D eigenvalue weighted by Gasteiger charge is -2.18. The second kappa shape index (κ2) is 38.1. The number of esters is 3. The predicted octanol–water partition coefficient (Wildman–Crippen LogP) is 13.8. The molecular formula is C45H86O6. The van der Waals surface area contributed by atoms with Crippen molar-refractivity contribution in [2.45, 2.75) is 246 Å². The van der Waals surface area contributed by atoms with Gasteiger partial charge in [0.1, 0.15) is 13.2 Å². The van der Waals surface area contributed by atoms with E-state index in [9.17, 15) is 14.4 Å². The van der Waals surface area contributed by atoms with Crippen LogP contribution in [0.5, 0.6) is 0 Å². The zero-order valence-electron chi connectivity index (χ0n) is 34.7. The fourth-order valence-corrected chi connectivity index (χ4v) is 6.54. The molecule has 51 heavy (non-hydrogen) atoms. The van der Waals surface area contributed by atoms with Crippen molar-refractivity contribution in [2.75, 3.05) is 13.2 Å². The zero-order valence-corrected chi connectivity index (χ0v) is 34.7. The van der Waals surface area contributed by atoms with Crippen LogP contribution in [0.3, 0.4) is 0 Å². The van der Waals surface area contributed by atoms with Crippen LogP contribution in [0.1, 0.15) is 240 Å². The standard InChI is InChI=1S/C45H86O6/c1-6-8-9-23-30-35-43(46)49-38-42(39-50-44(47)36-31-26-21-18-17-20-25-29-34-41(5)7-2)51-45(48)37-32-27-22-16-14-12-10-11-13-15-19-24-28-33-40(3)4/h40-42H,6-39H2,1-5H3/t41?,42-/m0/s1. The second-order valence-electron chi connectivity index (χ2n) is 16.1. The molecule has 0 rings (SSSR count). The smallest absolute Gasteiger partial charge is 0.306 e. The molecule has 0 aliphatic heterocycles. The van der Waals surface area contributed by atoms with E-state index in [0.29, 0.717) is 19.3 Å². The van der Waals surface area contributed by atoms with E-state index in [1.165, 1.54) is 122 Å². The van der Waals surface area contributed by atoms with E-state index in [1.807, 2.05) is 0 Å². The number of hydrogen-bond acceptors (Lipinski definition) is 6. The van der Waals surface area contributed by atoms with Crippen molar-refractivity contribution in [3.05, 3.63) is 0 Å². The minimum atomic E-state index is -0.758. The molecule has 0 aromatic rings. The lowest BCUT2D eigenvalue weighted by molar-refractivity contribution is -0.167. The minimum absolute atomic E-state index is 0.0663. The molecule has 6 heteroatoms. The second-order valence-corrected chi connectivity index (χ2v) is 16.1. The predicted molar refractivity (Wildman–Crippen MR) is 215 cm³/mol. The van der Waals surface area contributed by atoms with E-state index >= 15 is 0 Å². The van der Waals surface area contributed by atoms with Gasteiger partial charge >= 0.3 is 17.9 Å². The van der Waals surface area contributed by atoms with Crippen molar-refractivity contribution in [2.24, 2.45) is 11.8 Å². The van der Waals surface area contributed by atoms with Crippen LogP contribution >= 0.6 is 0 Å². The minimum Gasteiger partial charge on any atom is -0.462 e. The molecule has 0 bridgehead atoms. The Labute approximate surface area is 317 Å². The SMILES string of the molecule is CCCCCCCC(=O)OC[C@@H](COC(=O)CCCCCCCCCCC(C)CC)OC(=O)CCCCCCCCCCCCCCCC(C)C. The topological polar surface area (TPSA) is 78.9 Å². The summed E-state index contributed by atoms with van der Waals surface area (Å²) in [6.07, 6.45) is 35.4. The summed E-state index contributed by atoms with van der Waals surface area (Å²) < 4.78 is 16.6. The van der Waals surface area contributed by atoms with E-state index in [0.717, 1.165) is 76.0 Å². The van der Waals surface area contributed by atoms with Crippen LogP contribution in [0.25, 0.3) is 0 Å². The first-order chi connectivity index (χ1) is 24.8. The molecular weight excluding hydrogens is 636 g/mol. The molecule has 2 atom stereocenters. The van der Waals surface area contributed by atoms with E-state index in [2.05, 4.69) is 34.6 Å². The monoisotopic (exact) mass is 723 g/mol. The highest BCUT2D eigenvalue weighted by Gasteiger charge is 2.19. The van der Waals surface area contributed by atoms with Gasteiger partial charge < -0.3 is 14.2 Å².